The summed E-state index contributed by atoms with van der Waals surface area (Å²) in [4.78, 5) is 22.6. The highest BCUT2D eigenvalue weighted by Gasteiger charge is 2.50. The molecular weight excluding hydrogens is 321 g/mol. The summed E-state index contributed by atoms with van der Waals surface area (Å²) in [6, 6.07) is 9.74. The molecule has 3 N–H and O–H groups in total. The van der Waals surface area contributed by atoms with E-state index in [9.17, 15) is 4.79 Å². The lowest BCUT2D eigenvalue weighted by Gasteiger charge is -2.29. The Kier molecular flexibility index (Phi) is 4.74. The molecule has 0 aliphatic carbocycles. The second-order valence-corrected chi connectivity index (χ2v) is 6.42. The average Bonchev–Trinajstić information content (AvgIpc) is 3.05. The maximum Gasteiger partial charge on any atom is 0.472 e. The van der Waals surface area contributed by atoms with Crippen molar-refractivity contribution < 1.29 is 19.7 Å². The number of nitrogens with zero attached hydrogens (tertiary/aromatic N) is 2. The Morgan fingerprint density at radius 2 is 2.12 bits per heavy atom. The van der Waals surface area contributed by atoms with Crippen LogP contribution in [0.5, 0.6) is 0 Å². The molecule has 0 saturated carbocycles. The lowest BCUT2D eigenvalue weighted by atomic mass is 9.83. The molecule has 130 valence electrons. The van der Waals surface area contributed by atoms with Crippen LogP contribution in [-0.4, -0.2) is 45.8 Å². The summed E-state index contributed by atoms with van der Waals surface area (Å²) in [5.41, 5.74) is 0.101. The summed E-state index contributed by atoms with van der Waals surface area (Å²) in [7, 11) is -1.62. The number of hydrogen-bond donors (Lipinski definition) is 3. The first-order valence-corrected chi connectivity index (χ1v) is 8.17. The Balaban J connectivity index is 1.90. The number of pyridine rings is 1. The zero-order valence-electron chi connectivity index (χ0n) is 14.1. The van der Waals surface area contributed by atoms with Crippen LogP contribution in [0.3, 0.4) is 0 Å². The van der Waals surface area contributed by atoms with E-state index < -0.39 is 18.6 Å². The third kappa shape index (κ3) is 3.23. The molecule has 0 fully saturated rings. The second-order valence-electron chi connectivity index (χ2n) is 6.42. The van der Waals surface area contributed by atoms with Crippen LogP contribution in [0.15, 0.2) is 41.7 Å². The van der Waals surface area contributed by atoms with Gasteiger partial charge < -0.3 is 20.2 Å². The monoisotopic (exact) mass is 341 g/mol. The van der Waals surface area contributed by atoms with Gasteiger partial charge in [0.2, 0.25) is 5.60 Å². The van der Waals surface area contributed by atoms with Crippen molar-refractivity contribution in [3.8, 4) is 0 Å². The number of benzene rings is 1. The fraction of sp³-hybridized carbons (Fsp3) is 0.353. The summed E-state index contributed by atoms with van der Waals surface area (Å²) in [5, 5.41) is 26.6. The number of rotatable bonds is 5. The van der Waals surface area contributed by atoms with Crippen molar-refractivity contribution in [1.29, 1.82) is 0 Å². The number of oxime groups is 1. The van der Waals surface area contributed by atoms with Crippen molar-refractivity contribution in [3.63, 3.8) is 0 Å². The topological polar surface area (TPSA) is 104 Å². The minimum atomic E-state index is -1.62. The SMILES string of the molecule is CC(C)C1(C(=O)NCB(O)O)CC(c2nccc3ccccc23)=NO1. The molecule has 0 radical (unpaired) electrons. The lowest BCUT2D eigenvalue weighted by Crippen LogP contribution is -2.52. The van der Waals surface area contributed by atoms with E-state index >= 15 is 0 Å². The third-order valence-corrected chi connectivity index (χ3v) is 4.46. The van der Waals surface area contributed by atoms with E-state index in [0.717, 1.165) is 10.8 Å². The van der Waals surface area contributed by atoms with E-state index in [1.54, 1.807) is 6.20 Å². The summed E-state index contributed by atoms with van der Waals surface area (Å²) >= 11 is 0. The van der Waals surface area contributed by atoms with E-state index in [2.05, 4.69) is 15.5 Å². The van der Waals surface area contributed by atoms with E-state index in [1.807, 2.05) is 44.2 Å². The number of carbonyl (C=O) groups is 1. The first-order chi connectivity index (χ1) is 11.9. The summed E-state index contributed by atoms with van der Waals surface area (Å²) in [6.07, 6.45) is 1.70. The second kappa shape index (κ2) is 6.82. The van der Waals surface area contributed by atoms with Gasteiger partial charge in [-0.05, 0) is 11.5 Å². The summed E-state index contributed by atoms with van der Waals surface area (Å²) in [5.74, 6) is -0.589. The predicted octanol–water partition coefficient (Wildman–Crippen LogP) is 0.882. The van der Waals surface area contributed by atoms with Gasteiger partial charge in [-0.25, -0.2) is 0 Å². The summed E-state index contributed by atoms with van der Waals surface area (Å²) in [6.45, 7) is 3.73. The van der Waals surface area contributed by atoms with Crippen LogP contribution in [-0.2, 0) is 9.63 Å². The number of aromatic nitrogens is 1. The number of amides is 1. The van der Waals surface area contributed by atoms with Crippen molar-refractivity contribution in [2.45, 2.75) is 25.9 Å². The molecular formula is C17H20BN3O4. The van der Waals surface area contributed by atoms with Crippen LogP contribution in [0.4, 0.5) is 0 Å². The molecule has 1 aromatic heterocycles. The lowest BCUT2D eigenvalue weighted by molar-refractivity contribution is -0.149. The van der Waals surface area contributed by atoms with Crippen LogP contribution in [0.25, 0.3) is 10.8 Å². The number of nitrogens with one attached hydrogen (secondary N) is 1. The highest BCUT2D eigenvalue weighted by atomic mass is 16.7. The molecule has 1 aromatic carbocycles. The van der Waals surface area contributed by atoms with Crippen molar-refractivity contribution in [3.05, 3.63) is 42.2 Å². The third-order valence-electron chi connectivity index (χ3n) is 4.46. The highest BCUT2D eigenvalue weighted by Crippen LogP contribution is 2.34. The molecule has 1 unspecified atom stereocenters. The molecule has 8 heteroatoms. The largest absolute Gasteiger partial charge is 0.472 e. The Bertz CT molecular complexity index is 819. The van der Waals surface area contributed by atoms with Gasteiger partial charge in [-0.15, -0.1) is 0 Å². The first-order valence-electron chi connectivity index (χ1n) is 8.17. The number of fused-ring (bicyclic) bond motifs is 1. The van der Waals surface area contributed by atoms with Crippen LogP contribution in [0.1, 0.15) is 26.0 Å². The molecule has 1 aliphatic rings. The standard InChI is InChI=1S/C17H20BN3O4/c1-11(2)17(16(22)20-10-18(23)24)9-14(21-25-17)15-13-6-4-3-5-12(13)7-8-19-15/h3-8,11,23-24H,9-10H2,1-2H3,(H,20,22). The van der Waals surface area contributed by atoms with Gasteiger partial charge in [0, 0.05) is 23.9 Å². The molecule has 1 atom stereocenters. The molecule has 1 aliphatic heterocycles. The molecule has 0 spiro atoms. The van der Waals surface area contributed by atoms with E-state index in [1.165, 1.54) is 0 Å². The van der Waals surface area contributed by atoms with Gasteiger partial charge in [0.15, 0.2) is 0 Å². The predicted molar refractivity (Wildman–Crippen MR) is 94.8 cm³/mol. The quantitative estimate of drug-likeness (QED) is 0.701. The molecule has 2 heterocycles. The van der Waals surface area contributed by atoms with Crippen molar-refractivity contribution in [2.24, 2.45) is 11.1 Å². The normalized spacial score (nSPS) is 19.6. The molecule has 0 saturated heterocycles. The van der Waals surface area contributed by atoms with Crippen molar-refractivity contribution in [2.75, 3.05) is 6.44 Å². The van der Waals surface area contributed by atoms with Gasteiger partial charge in [0.1, 0.15) is 5.71 Å². The number of hydrogen-bond acceptors (Lipinski definition) is 6. The molecule has 3 rings (SSSR count). The Labute approximate surface area is 145 Å². The van der Waals surface area contributed by atoms with Gasteiger partial charge in [0.25, 0.3) is 5.91 Å². The van der Waals surface area contributed by atoms with Gasteiger partial charge in [-0.3, -0.25) is 9.78 Å². The molecule has 2 aromatic rings. The van der Waals surface area contributed by atoms with Gasteiger partial charge in [0.05, 0.1) is 12.1 Å². The number of carbonyl (C=O) groups excluding carboxylic acids is 1. The molecule has 25 heavy (non-hydrogen) atoms. The fourth-order valence-electron chi connectivity index (χ4n) is 2.95. The van der Waals surface area contributed by atoms with Gasteiger partial charge in [-0.2, -0.15) is 0 Å². The van der Waals surface area contributed by atoms with Crippen LogP contribution >= 0.6 is 0 Å². The van der Waals surface area contributed by atoms with Crippen molar-refractivity contribution in [1.82, 2.24) is 10.3 Å². The van der Waals surface area contributed by atoms with Gasteiger partial charge in [-0.1, -0.05) is 43.3 Å². The average molecular weight is 341 g/mol. The van der Waals surface area contributed by atoms with Crippen molar-refractivity contribution >= 4 is 29.5 Å². The van der Waals surface area contributed by atoms with Crippen LogP contribution < -0.4 is 5.32 Å². The van der Waals surface area contributed by atoms with Crippen LogP contribution in [0.2, 0.25) is 0 Å². The highest BCUT2D eigenvalue weighted by molar-refractivity contribution is 6.41. The smallest absolute Gasteiger partial charge is 0.426 e. The zero-order valence-corrected chi connectivity index (χ0v) is 14.1. The van der Waals surface area contributed by atoms with E-state index in [0.29, 0.717) is 11.4 Å². The Morgan fingerprint density at radius 3 is 2.84 bits per heavy atom. The first kappa shape index (κ1) is 17.4. The zero-order chi connectivity index (χ0) is 18.0. The minimum Gasteiger partial charge on any atom is -0.426 e. The van der Waals surface area contributed by atoms with E-state index in [4.69, 9.17) is 14.9 Å². The molecule has 1 amide bonds. The molecule has 0 bridgehead atoms. The maximum atomic E-state index is 12.6. The van der Waals surface area contributed by atoms with Crippen LogP contribution in [0, 0.1) is 5.92 Å². The minimum absolute atomic E-state index is 0.167. The maximum absolute atomic E-state index is 12.6. The Hall–Kier alpha value is -2.45. The fourth-order valence-corrected chi connectivity index (χ4v) is 2.95. The Morgan fingerprint density at radius 1 is 1.36 bits per heavy atom. The summed E-state index contributed by atoms with van der Waals surface area (Å²) < 4.78 is 0. The molecule has 7 nitrogen and oxygen atoms in total. The van der Waals surface area contributed by atoms with Gasteiger partial charge >= 0.3 is 7.12 Å². The van der Waals surface area contributed by atoms with E-state index in [-0.39, 0.29) is 18.8 Å².